The molecule has 1 aromatic heterocycles. The van der Waals surface area contributed by atoms with Gasteiger partial charge in [0.05, 0.1) is 0 Å². The number of aromatic nitrogens is 1. The van der Waals surface area contributed by atoms with Crippen molar-refractivity contribution in [3.63, 3.8) is 0 Å². The van der Waals surface area contributed by atoms with Gasteiger partial charge in [0.1, 0.15) is 0 Å². The molecule has 1 amide bonds. The van der Waals surface area contributed by atoms with Crippen LogP contribution in [0.25, 0.3) is 0 Å². The third-order valence-corrected chi connectivity index (χ3v) is 2.44. The van der Waals surface area contributed by atoms with E-state index in [1.54, 1.807) is 6.20 Å². The van der Waals surface area contributed by atoms with E-state index >= 15 is 0 Å². The average molecular weight is 220 g/mol. The molecule has 0 bridgehead atoms. The molecule has 16 heavy (non-hydrogen) atoms. The first kappa shape index (κ1) is 12.7. The molecule has 0 aliphatic rings. The van der Waals surface area contributed by atoms with Crippen molar-refractivity contribution in [1.29, 1.82) is 0 Å². The van der Waals surface area contributed by atoms with Crippen LogP contribution in [0.3, 0.4) is 0 Å². The van der Waals surface area contributed by atoms with Crippen molar-refractivity contribution in [3.8, 4) is 0 Å². The maximum Gasteiger partial charge on any atom is 0.220 e. The van der Waals surface area contributed by atoms with Crippen LogP contribution in [0.2, 0.25) is 0 Å². The Morgan fingerprint density at radius 2 is 2.25 bits per heavy atom. The van der Waals surface area contributed by atoms with Crippen LogP contribution in [0.1, 0.15) is 38.3 Å². The van der Waals surface area contributed by atoms with Crippen LogP contribution in [0.15, 0.2) is 24.4 Å². The molecule has 88 valence electrons. The van der Waals surface area contributed by atoms with Crippen LogP contribution >= 0.6 is 0 Å². The Morgan fingerprint density at radius 3 is 2.94 bits per heavy atom. The Morgan fingerprint density at radius 1 is 1.38 bits per heavy atom. The molecule has 1 aromatic rings. The summed E-state index contributed by atoms with van der Waals surface area (Å²) in [5, 5.41) is 2.91. The highest BCUT2D eigenvalue weighted by atomic mass is 16.1. The number of pyridine rings is 1. The molecule has 0 aromatic carbocycles. The Labute approximate surface area is 97.3 Å². The molecule has 0 aliphatic carbocycles. The molecule has 0 unspecified atom stereocenters. The monoisotopic (exact) mass is 220 g/mol. The lowest BCUT2D eigenvalue weighted by molar-refractivity contribution is -0.121. The quantitative estimate of drug-likeness (QED) is 0.716. The summed E-state index contributed by atoms with van der Waals surface area (Å²) in [5.74, 6) is 0.157. The van der Waals surface area contributed by atoms with E-state index in [1.165, 1.54) is 0 Å². The first-order chi connectivity index (χ1) is 7.83. The van der Waals surface area contributed by atoms with E-state index in [0.29, 0.717) is 13.0 Å². The Bertz CT molecular complexity index is 298. The van der Waals surface area contributed by atoms with Gasteiger partial charge in [-0.25, -0.2) is 0 Å². The van der Waals surface area contributed by atoms with Gasteiger partial charge in [-0.05, 0) is 18.6 Å². The summed E-state index contributed by atoms with van der Waals surface area (Å²) < 4.78 is 0. The second-order valence-corrected chi connectivity index (χ2v) is 3.88. The fraction of sp³-hybridized carbons (Fsp3) is 0.538. The summed E-state index contributed by atoms with van der Waals surface area (Å²) in [6, 6.07) is 5.83. The molecule has 0 saturated carbocycles. The minimum atomic E-state index is 0.157. The first-order valence-corrected chi connectivity index (χ1v) is 5.99. The van der Waals surface area contributed by atoms with Crippen molar-refractivity contribution < 1.29 is 4.79 Å². The van der Waals surface area contributed by atoms with Crippen LogP contribution < -0.4 is 5.32 Å². The predicted molar refractivity (Wildman–Crippen MR) is 65.1 cm³/mol. The molecule has 0 radical (unpaired) electrons. The van der Waals surface area contributed by atoms with E-state index in [1.807, 2.05) is 18.2 Å². The lowest BCUT2D eigenvalue weighted by Gasteiger charge is -2.04. The SMILES string of the molecule is CCCCCC(=O)NCCc1ccccn1. The van der Waals surface area contributed by atoms with E-state index in [2.05, 4.69) is 17.2 Å². The molecular formula is C13H20N2O. The third kappa shape index (κ3) is 5.49. The number of carbonyl (C=O) groups excluding carboxylic acids is 1. The second kappa shape index (κ2) is 7.85. The van der Waals surface area contributed by atoms with Crippen molar-refractivity contribution in [2.24, 2.45) is 0 Å². The fourth-order valence-electron chi connectivity index (χ4n) is 1.50. The van der Waals surface area contributed by atoms with Gasteiger partial charge in [0, 0.05) is 31.3 Å². The number of nitrogens with one attached hydrogen (secondary N) is 1. The standard InChI is InChI=1S/C13H20N2O/c1-2-3-4-8-13(16)15-11-9-12-7-5-6-10-14-12/h5-7,10H,2-4,8-9,11H2,1H3,(H,15,16). The fourth-order valence-corrected chi connectivity index (χ4v) is 1.50. The zero-order chi connectivity index (χ0) is 11.6. The maximum absolute atomic E-state index is 11.4. The second-order valence-electron chi connectivity index (χ2n) is 3.88. The van der Waals surface area contributed by atoms with Crippen LogP contribution in [0.5, 0.6) is 0 Å². The molecule has 1 heterocycles. The maximum atomic E-state index is 11.4. The van der Waals surface area contributed by atoms with Crippen LogP contribution in [0, 0.1) is 0 Å². The topological polar surface area (TPSA) is 42.0 Å². The summed E-state index contributed by atoms with van der Waals surface area (Å²) in [4.78, 5) is 15.6. The highest BCUT2D eigenvalue weighted by molar-refractivity contribution is 5.75. The van der Waals surface area contributed by atoms with Gasteiger partial charge in [0.2, 0.25) is 5.91 Å². The number of hydrogen-bond donors (Lipinski definition) is 1. The minimum absolute atomic E-state index is 0.157. The van der Waals surface area contributed by atoms with Gasteiger partial charge in [0.25, 0.3) is 0 Å². The van der Waals surface area contributed by atoms with Crippen molar-refractivity contribution in [2.45, 2.75) is 39.0 Å². The predicted octanol–water partition coefficient (Wildman–Crippen LogP) is 2.32. The molecular weight excluding hydrogens is 200 g/mol. The third-order valence-electron chi connectivity index (χ3n) is 2.44. The van der Waals surface area contributed by atoms with Crippen LogP contribution in [-0.2, 0) is 11.2 Å². The Hall–Kier alpha value is -1.38. The normalized spacial score (nSPS) is 10.1. The van der Waals surface area contributed by atoms with Gasteiger partial charge >= 0.3 is 0 Å². The Kier molecular flexibility index (Phi) is 6.23. The van der Waals surface area contributed by atoms with Gasteiger partial charge in [-0.1, -0.05) is 25.8 Å². The first-order valence-electron chi connectivity index (χ1n) is 5.99. The molecule has 0 saturated heterocycles. The zero-order valence-corrected chi connectivity index (χ0v) is 9.91. The largest absolute Gasteiger partial charge is 0.356 e. The van der Waals surface area contributed by atoms with Crippen molar-refractivity contribution in [1.82, 2.24) is 10.3 Å². The van der Waals surface area contributed by atoms with E-state index in [0.717, 1.165) is 31.4 Å². The summed E-state index contributed by atoms with van der Waals surface area (Å²) in [7, 11) is 0. The summed E-state index contributed by atoms with van der Waals surface area (Å²) >= 11 is 0. The number of unbranched alkanes of at least 4 members (excludes halogenated alkanes) is 2. The molecule has 3 heteroatoms. The lowest BCUT2D eigenvalue weighted by Crippen LogP contribution is -2.25. The van der Waals surface area contributed by atoms with Gasteiger partial charge in [-0.3, -0.25) is 9.78 Å². The van der Waals surface area contributed by atoms with Crippen LogP contribution in [-0.4, -0.2) is 17.4 Å². The number of nitrogens with zero attached hydrogens (tertiary/aromatic N) is 1. The smallest absolute Gasteiger partial charge is 0.220 e. The molecule has 0 fully saturated rings. The number of carbonyl (C=O) groups is 1. The molecule has 1 rings (SSSR count). The van der Waals surface area contributed by atoms with Crippen LogP contribution in [0.4, 0.5) is 0 Å². The zero-order valence-electron chi connectivity index (χ0n) is 9.91. The lowest BCUT2D eigenvalue weighted by atomic mass is 10.2. The van der Waals surface area contributed by atoms with E-state index < -0.39 is 0 Å². The Balaban J connectivity index is 2.09. The van der Waals surface area contributed by atoms with E-state index in [9.17, 15) is 4.79 Å². The summed E-state index contributed by atoms with van der Waals surface area (Å²) in [5.41, 5.74) is 1.02. The van der Waals surface area contributed by atoms with Gasteiger partial charge in [-0.15, -0.1) is 0 Å². The van der Waals surface area contributed by atoms with Gasteiger partial charge in [0.15, 0.2) is 0 Å². The highest BCUT2D eigenvalue weighted by Crippen LogP contribution is 1.98. The van der Waals surface area contributed by atoms with Crippen molar-refractivity contribution >= 4 is 5.91 Å². The van der Waals surface area contributed by atoms with Crippen molar-refractivity contribution in [2.75, 3.05) is 6.54 Å². The van der Waals surface area contributed by atoms with Crippen molar-refractivity contribution in [3.05, 3.63) is 30.1 Å². The number of rotatable bonds is 7. The molecule has 0 atom stereocenters. The number of hydrogen-bond acceptors (Lipinski definition) is 2. The van der Waals surface area contributed by atoms with Gasteiger partial charge in [-0.2, -0.15) is 0 Å². The highest BCUT2D eigenvalue weighted by Gasteiger charge is 2.00. The number of amides is 1. The summed E-state index contributed by atoms with van der Waals surface area (Å²) in [6.07, 6.45) is 6.51. The summed E-state index contributed by atoms with van der Waals surface area (Å²) in [6.45, 7) is 2.82. The molecule has 0 aliphatic heterocycles. The minimum Gasteiger partial charge on any atom is -0.356 e. The average Bonchev–Trinajstić information content (AvgIpc) is 2.31. The van der Waals surface area contributed by atoms with Gasteiger partial charge < -0.3 is 5.32 Å². The van der Waals surface area contributed by atoms with E-state index in [-0.39, 0.29) is 5.91 Å². The molecule has 0 spiro atoms. The molecule has 1 N–H and O–H groups in total. The van der Waals surface area contributed by atoms with E-state index in [4.69, 9.17) is 0 Å². The molecule has 3 nitrogen and oxygen atoms in total.